The molecule has 2 saturated heterocycles. The molecule has 6 nitrogen and oxygen atoms in total. The van der Waals surface area contributed by atoms with Crippen LogP contribution in [-0.4, -0.2) is 51.1 Å². The molecule has 1 amide bonds. The number of thiocarbonyl (C=S) groups is 1. The highest BCUT2D eigenvalue weighted by Gasteiger charge is 2.30. The smallest absolute Gasteiger partial charge is 0.224 e. The van der Waals surface area contributed by atoms with Crippen molar-refractivity contribution in [2.45, 2.75) is 64.0 Å². The predicted molar refractivity (Wildman–Crippen MR) is 126 cm³/mol. The van der Waals surface area contributed by atoms with Crippen LogP contribution >= 0.6 is 12.2 Å². The number of rotatable bonds is 5. The van der Waals surface area contributed by atoms with Crippen LogP contribution in [-0.2, 0) is 11.2 Å². The standard InChI is InChI=1S/C24H31N5OS/c1-16-11-21(28-24(31)26-16)13-22(30)29-10-6-9-19(15-29)23-20(14-25-17(2)27-23)12-18-7-4-3-5-8-18/h3-5,7-8,14,16,19,21H,6,9-13,15H2,1-2H3,(H2,26,28,31)/t16-,19-,21+/m1/s1. The zero-order valence-electron chi connectivity index (χ0n) is 18.3. The first kappa shape index (κ1) is 21.7. The molecule has 7 heteroatoms. The average Bonchev–Trinajstić information content (AvgIpc) is 2.75. The Morgan fingerprint density at radius 1 is 1.26 bits per heavy atom. The third-order valence-electron chi connectivity index (χ3n) is 6.19. The Labute approximate surface area is 189 Å². The monoisotopic (exact) mass is 437 g/mol. The molecular weight excluding hydrogens is 406 g/mol. The topological polar surface area (TPSA) is 70.2 Å². The van der Waals surface area contributed by atoms with Crippen molar-refractivity contribution in [3.63, 3.8) is 0 Å². The van der Waals surface area contributed by atoms with Crippen LogP contribution in [0.3, 0.4) is 0 Å². The number of aryl methyl sites for hydroxylation is 1. The SMILES string of the molecule is Cc1ncc(Cc2ccccc2)c([C@@H]2CCCN(C(=O)C[C@@H]3C[C@@H](C)NC(=S)N3)C2)n1. The third-order valence-corrected chi connectivity index (χ3v) is 6.42. The van der Waals surface area contributed by atoms with Gasteiger partial charge in [0.25, 0.3) is 0 Å². The van der Waals surface area contributed by atoms with Crippen LogP contribution in [0.2, 0.25) is 0 Å². The summed E-state index contributed by atoms with van der Waals surface area (Å²) >= 11 is 5.27. The molecule has 164 valence electrons. The largest absolute Gasteiger partial charge is 0.360 e. The van der Waals surface area contributed by atoms with Crippen molar-refractivity contribution >= 4 is 23.2 Å². The van der Waals surface area contributed by atoms with Gasteiger partial charge in [-0.05, 0) is 56.5 Å². The van der Waals surface area contributed by atoms with Crippen molar-refractivity contribution in [3.05, 3.63) is 59.2 Å². The molecule has 0 bridgehead atoms. The zero-order valence-corrected chi connectivity index (χ0v) is 19.1. The van der Waals surface area contributed by atoms with Crippen molar-refractivity contribution in [3.8, 4) is 0 Å². The fourth-order valence-electron chi connectivity index (χ4n) is 4.71. The van der Waals surface area contributed by atoms with Crippen LogP contribution < -0.4 is 10.6 Å². The number of hydrogen-bond donors (Lipinski definition) is 2. The first-order valence-electron chi connectivity index (χ1n) is 11.2. The normalized spacial score (nSPS) is 23.7. The van der Waals surface area contributed by atoms with Crippen LogP contribution in [0, 0.1) is 6.92 Å². The lowest BCUT2D eigenvalue weighted by molar-refractivity contribution is -0.133. The Bertz CT molecular complexity index is 935. The molecule has 1 aromatic carbocycles. The number of hydrogen-bond acceptors (Lipinski definition) is 4. The molecule has 0 aliphatic carbocycles. The quantitative estimate of drug-likeness (QED) is 0.701. The Kier molecular flexibility index (Phi) is 6.80. The summed E-state index contributed by atoms with van der Waals surface area (Å²) in [6.07, 6.45) is 6.21. The summed E-state index contributed by atoms with van der Waals surface area (Å²) in [6, 6.07) is 10.8. The van der Waals surface area contributed by atoms with Gasteiger partial charge >= 0.3 is 0 Å². The number of likely N-dealkylation sites (tertiary alicyclic amines) is 1. The van der Waals surface area contributed by atoms with E-state index in [0.29, 0.717) is 17.6 Å². The summed E-state index contributed by atoms with van der Waals surface area (Å²) in [4.78, 5) is 24.4. The second-order valence-corrected chi connectivity index (χ2v) is 9.23. The lowest BCUT2D eigenvalue weighted by Crippen LogP contribution is -2.54. The van der Waals surface area contributed by atoms with Crippen molar-refractivity contribution in [1.82, 2.24) is 25.5 Å². The van der Waals surface area contributed by atoms with Crippen molar-refractivity contribution in [2.24, 2.45) is 0 Å². The average molecular weight is 438 g/mol. The highest BCUT2D eigenvalue weighted by atomic mass is 32.1. The minimum absolute atomic E-state index is 0.103. The third kappa shape index (κ3) is 5.58. The van der Waals surface area contributed by atoms with E-state index in [2.05, 4.69) is 46.8 Å². The number of aromatic nitrogens is 2. The van der Waals surface area contributed by atoms with Crippen LogP contribution in [0.5, 0.6) is 0 Å². The van der Waals surface area contributed by atoms with E-state index < -0.39 is 0 Å². The van der Waals surface area contributed by atoms with Gasteiger partial charge in [0, 0.05) is 50.1 Å². The maximum atomic E-state index is 13.1. The number of carbonyl (C=O) groups excluding carboxylic acids is 1. The van der Waals surface area contributed by atoms with E-state index in [4.69, 9.17) is 17.2 Å². The van der Waals surface area contributed by atoms with E-state index in [1.54, 1.807) is 0 Å². The molecule has 0 spiro atoms. The molecule has 0 radical (unpaired) electrons. The van der Waals surface area contributed by atoms with E-state index in [1.165, 1.54) is 5.56 Å². The predicted octanol–water partition coefficient (Wildman–Crippen LogP) is 3.10. The lowest BCUT2D eigenvalue weighted by atomic mass is 9.89. The Morgan fingerprint density at radius 3 is 2.84 bits per heavy atom. The van der Waals surface area contributed by atoms with Gasteiger partial charge < -0.3 is 15.5 Å². The van der Waals surface area contributed by atoms with Crippen molar-refractivity contribution < 1.29 is 4.79 Å². The zero-order chi connectivity index (χ0) is 21.8. The van der Waals surface area contributed by atoms with Gasteiger partial charge in [-0.3, -0.25) is 4.79 Å². The molecule has 1 aromatic heterocycles. The van der Waals surface area contributed by atoms with Crippen LogP contribution in [0.15, 0.2) is 36.5 Å². The number of nitrogens with one attached hydrogen (secondary N) is 2. The Morgan fingerprint density at radius 2 is 2.06 bits per heavy atom. The highest BCUT2D eigenvalue weighted by Crippen LogP contribution is 2.29. The van der Waals surface area contributed by atoms with Gasteiger partial charge in [-0.25, -0.2) is 9.97 Å². The molecule has 2 N–H and O–H groups in total. The molecule has 2 aliphatic heterocycles. The van der Waals surface area contributed by atoms with Crippen LogP contribution in [0.1, 0.15) is 61.2 Å². The number of piperidine rings is 1. The number of benzene rings is 1. The van der Waals surface area contributed by atoms with Gasteiger partial charge in [-0.1, -0.05) is 30.3 Å². The molecule has 0 unspecified atom stereocenters. The van der Waals surface area contributed by atoms with Gasteiger partial charge in [-0.2, -0.15) is 0 Å². The molecular formula is C24H31N5OS. The van der Waals surface area contributed by atoms with Gasteiger partial charge in [0.15, 0.2) is 5.11 Å². The number of amides is 1. The highest BCUT2D eigenvalue weighted by molar-refractivity contribution is 7.80. The molecule has 2 fully saturated rings. The minimum Gasteiger partial charge on any atom is -0.360 e. The van der Waals surface area contributed by atoms with E-state index in [1.807, 2.05) is 24.1 Å². The molecule has 3 heterocycles. The lowest BCUT2D eigenvalue weighted by Gasteiger charge is -2.36. The van der Waals surface area contributed by atoms with E-state index >= 15 is 0 Å². The summed E-state index contributed by atoms with van der Waals surface area (Å²) in [6.45, 7) is 5.59. The van der Waals surface area contributed by atoms with Gasteiger partial charge in [-0.15, -0.1) is 0 Å². The molecule has 31 heavy (non-hydrogen) atoms. The van der Waals surface area contributed by atoms with Crippen LogP contribution in [0.4, 0.5) is 0 Å². The second kappa shape index (κ2) is 9.73. The van der Waals surface area contributed by atoms with Crippen molar-refractivity contribution in [2.75, 3.05) is 13.1 Å². The molecule has 2 aromatic rings. The van der Waals surface area contributed by atoms with E-state index in [9.17, 15) is 4.79 Å². The summed E-state index contributed by atoms with van der Waals surface area (Å²) in [5.74, 6) is 1.24. The molecule has 3 atom stereocenters. The maximum absolute atomic E-state index is 13.1. The number of carbonyl (C=O) groups is 1. The summed E-state index contributed by atoms with van der Waals surface area (Å²) in [7, 11) is 0. The van der Waals surface area contributed by atoms with Gasteiger partial charge in [0.05, 0.1) is 5.69 Å². The fourth-order valence-corrected chi connectivity index (χ4v) is 5.08. The van der Waals surface area contributed by atoms with E-state index in [-0.39, 0.29) is 17.9 Å². The summed E-state index contributed by atoms with van der Waals surface area (Å²) in [5.41, 5.74) is 3.51. The van der Waals surface area contributed by atoms with Gasteiger partial charge in [0.2, 0.25) is 5.91 Å². The number of nitrogens with zero attached hydrogens (tertiary/aromatic N) is 3. The second-order valence-electron chi connectivity index (χ2n) is 8.82. The molecule has 0 saturated carbocycles. The first-order chi connectivity index (χ1) is 15.0. The van der Waals surface area contributed by atoms with E-state index in [0.717, 1.165) is 55.9 Å². The summed E-state index contributed by atoms with van der Waals surface area (Å²) < 4.78 is 0. The first-order valence-corrected chi connectivity index (χ1v) is 11.6. The fraction of sp³-hybridized carbons (Fsp3) is 0.500. The minimum atomic E-state index is 0.103. The summed E-state index contributed by atoms with van der Waals surface area (Å²) in [5, 5.41) is 7.11. The van der Waals surface area contributed by atoms with Crippen molar-refractivity contribution in [1.29, 1.82) is 0 Å². The van der Waals surface area contributed by atoms with Crippen LogP contribution in [0.25, 0.3) is 0 Å². The molecule has 4 rings (SSSR count). The Balaban J connectivity index is 1.46. The molecule has 2 aliphatic rings. The Hall–Kier alpha value is -2.54. The van der Waals surface area contributed by atoms with Gasteiger partial charge in [0.1, 0.15) is 5.82 Å². The maximum Gasteiger partial charge on any atom is 0.224 e.